The van der Waals surface area contributed by atoms with Gasteiger partial charge in [0.05, 0.1) is 5.75 Å². The number of likely N-dealkylation sites (N-methyl/N-ethyl adjacent to an activating group) is 2. The normalized spacial score (nSPS) is 18.7. The molecule has 0 N–H and O–H groups in total. The second kappa shape index (κ2) is 6.10. The molecule has 0 aliphatic carbocycles. The van der Waals surface area contributed by atoms with E-state index in [1.807, 2.05) is 30.3 Å². The summed E-state index contributed by atoms with van der Waals surface area (Å²) in [5.74, 6) is 0.414. The number of thioether (sulfide) groups is 1. The molecule has 1 aliphatic rings. The second-order valence-corrected chi connectivity index (χ2v) is 5.72. The molecular formula is C14H18N2O2S. The molecule has 2 rings (SSSR count). The number of carbonyl (C=O) groups excluding carboxylic acids is 2. The molecule has 1 atom stereocenters. The first kappa shape index (κ1) is 13.9. The van der Waals surface area contributed by atoms with Crippen molar-refractivity contribution in [3.8, 4) is 0 Å². The van der Waals surface area contributed by atoms with E-state index in [4.69, 9.17) is 0 Å². The van der Waals surface area contributed by atoms with Crippen LogP contribution in [0.25, 0.3) is 0 Å². The quantitative estimate of drug-likeness (QED) is 0.783. The minimum absolute atomic E-state index is 0.00232. The fraction of sp³-hybridized carbons (Fsp3) is 0.429. The second-order valence-electron chi connectivity index (χ2n) is 4.67. The average Bonchev–Trinajstić information content (AvgIpc) is 2.77. The van der Waals surface area contributed by atoms with Gasteiger partial charge >= 0.3 is 0 Å². The molecular weight excluding hydrogens is 260 g/mol. The van der Waals surface area contributed by atoms with E-state index in [1.54, 1.807) is 23.9 Å². The summed E-state index contributed by atoms with van der Waals surface area (Å²) in [6.45, 7) is 0.729. The first-order valence-corrected chi connectivity index (χ1v) is 7.26. The molecule has 1 aromatic rings. The number of carbonyl (C=O) groups is 2. The van der Waals surface area contributed by atoms with Crippen molar-refractivity contribution in [1.82, 2.24) is 9.80 Å². The fourth-order valence-corrected chi connectivity index (χ4v) is 2.94. The van der Waals surface area contributed by atoms with Gasteiger partial charge in [0.2, 0.25) is 11.8 Å². The van der Waals surface area contributed by atoms with Crippen LogP contribution in [0.4, 0.5) is 0 Å². The molecule has 1 heterocycles. The van der Waals surface area contributed by atoms with Gasteiger partial charge in [-0.2, -0.15) is 0 Å². The Morgan fingerprint density at radius 3 is 2.68 bits per heavy atom. The van der Waals surface area contributed by atoms with Crippen molar-refractivity contribution >= 4 is 23.6 Å². The van der Waals surface area contributed by atoms with Gasteiger partial charge in [-0.05, 0) is 18.6 Å². The monoisotopic (exact) mass is 278 g/mol. The van der Waals surface area contributed by atoms with Crippen LogP contribution in [-0.4, -0.2) is 54.0 Å². The maximum atomic E-state index is 12.1. The van der Waals surface area contributed by atoms with Gasteiger partial charge in [-0.15, -0.1) is 11.8 Å². The lowest BCUT2D eigenvalue weighted by atomic mass is 10.2. The zero-order valence-electron chi connectivity index (χ0n) is 11.2. The van der Waals surface area contributed by atoms with E-state index >= 15 is 0 Å². The molecule has 4 nitrogen and oxygen atoms in total. The number of likely N-dealkylation sites (tertiary alicyclic amines) is 1. The number of amides is 2. The number of hydrogen-bond donors (Lipinski definition) is 0. The third-order valence-corrected chi connectivity index (χ3v) is 4.36. The summed E-state index contributed by atoms with van der Waals surface area (Å²) in [7, 11) is 3.50. The summed E-state index contributed by atoms with van der Waals surface area (Å²) in [6, 6.07) is 9.52. The molecule has 1 unspecified atom stereocenters. The predicted octanol–water partition coefficient (Wildman–Crippen LogP) is 1.47. The lowest BCUT2D eigenvalue weighted by Gasteiger charge is -2.23. The molecule has 0 bridgehead atoms. The number of rotatable bonds is 4. The summed E-state index contributed by atoms with van der Waals surface area (Å²) >= 11 is 1.50. The summed E-state index contributed by atoms with van der Waals surface area (Å²) in [4.78, 5) is 28.3. The molecule has 102 valence electrons. The van der Waals surface area contributed by atoms with Crippen LogP contribution in [0.1, 0.15) is 6.42 Å². The first-order valence-electron chi connectivity index (χ1n) is 6.28. The third-order valence-electron chi connectivity index (χ3n) is 3.37. The summed E-state index contributed by atoms with van der Waals surface area (Å²) < 4.78 is 0. The lowest BCUT2D eigenvalue weighted by Crippen LogP contribution is -2.42. The van der Waals surface area contributed by atoms with Crippen molar-refractivity contribution in [3.05, 3.63) is 30.3 Å². The van der Waals surface area contributed by atoms with Crippen molar-refractivity contribution in [1.29, 1.82) is 0 Å². The van der Waals surface area contributed by atoms with E-state index in [1.165, 1.54) is 11.8 Å². The van der Waals surface area contributed by atoms with Crippen LogP contribution >= 0.6 is 11.8 Å². The van der Waals surface area contributed by atoms with E-state index < -0.39 is 0 Å². The highest BCUT2D eigenvalue weighted by Gasteiger charge is 2.34. The Labute approximate surface area is 117 Å². The zero-order valence-corrected chi connectivity index (χ0v) is 12.0. The van der Waals surface area contributed by atoms with Gasteiger partial charge in [-0.3, -0.25) is 9.59 Å². The maximum absolute atomic E-state index is 12.1. The van der Waals surface area contributed by atoms with Gasteiger partial charge in [0.25, 0.3) is 0 Å². The Morgan fingerprint density at radius 2 is 2.11 bits per heavy atom. The Morgan fingerprint density at radius 1 is 1.42 bits per heavy atom. The lowest BCUT2D eigenvalue weighted by molar-refractivity contribution is -0.138. The van der Waals surface area contributed by atoms with E-state index in [0.29, 0.717) is 5.75 Å². The smallest absolute Gasteiger partial charge is 0.245 e. The van der Waals surface area contributed by atoms with Crippen LogP contribution in [0.2, 0.25) is 0 Å². The average molecular weight is 278 g/mol. The van der Waals surface area contributed by atoms with Crippen LogP contribution < -0.4 is 0 Å². The minimum atomic E-state index is -0.283. The van der Waals surface area contributed by atoms with E-state index in [2.05, 4.69) is 0 Å². The summed E-state index contributed by atoms with van der Waals surface area (Å²) in [6.07, 6.45) is 0.730. The van der Waals surface area contributed by atoms with Gasteiger partial charge in [-0.1, -0.05) is 18.2 Å². The first-order chi connectivity index (χ1) is 9.09. The van der Waals surface area contributed by atoms with Crippen LogP contribution in [-0.2, 0) is 9.59 Å². The van der Waals surface area contributed by atoms with Crippen LogP contribution in [0.5, 0.6) is 0 Å². The maximum Gasteiger partial charge on any atom is 0.245 e. The Balaban J connectivity index is 1.88. The molecule has 0 aromatic heterocycles. The molecule has 0 radical (unpaired) electrons. The van der Waals surface area contributed by atoms with Gasteiger partial charge < -0.3 is 9.80 Å². The van der Waals surface area contributed by atoms with Crippen molar-refractivity contribution < 1.29 is 9.59 Å². The molecule has 1 aromatic carbocycles. The zero-order chi connectivity index (χ0) is 13.8. The fourth-order valence-electron chi connectivity index (χ4n) is 2.10. The van der Waals surface area contributed by atoms with E-state index in [-0.39, 0.29) is 17.9 Å². The van der Waals surface area contributed by atoms with Gasteiger partial charge in [0, 0.05) is 25.5 Å². The Hall–Kier alpha value is -1.49. The minimum Gasteiger partial charge on any atom is -0.344 e. The van der Waals surface area contributed by atoms with E-state index in [0.717, 1.165) is 17.9 Å². The highest BCUT2D eigenvalue weighted by molar-refractivity contribution is 8.00. The van der Waals surface area contributed by atoms with Crippen molar-refractivity contribution in [2.45, 2.75) is 17.4 Å². The van der Waals surface area contributed by atoms with Gasteiger partial charge in [0.1, 0.15) is 6.04 Å². The van der Waals surface area contributed by atoms with Crippen LogP contribution in [0.15, 0.2) is 35.2 Å². The molecule has 5 heteroatoms. The highest BCUT2D eigenvalue weighted by atomic mass is 32.2. The predicted molar refractivity (Wildman–Crippen MR) is 76.0 cm³/mol. The molecule has 0 spiro atoms. The molecule has 0 saturated carbocycles. The number of nitrogens with zero attached hydrogens (tertiary/aromatic N) is 2. The Kier molecular flexibility index (Phi) is 4.47. The molecule has 2 amide bonds. The van der Waals surface area contributed by atoms with Gasteiger partial charge in [0.15, 0.2) is 0 Å². The molecule has 1 aliphatic heterocycles. The Bertz CT molecular complexity index is 464. The van der Waals surface area contributed by atoms with Crippen molar-refractivity contribution in [2.75, 3.05) is 26.4 Å². The largest absolute Gasteiger partial charge is 0.344 e. The third kappa shape index (κ3) is 3.29. The van der Waals surface area contributed by atoms with Crippen LogP contribution in [0, 0.1) is 0 Å². The van der Waals surface area contributed by atoms with Crippen LogP contribution in [0.3, 0.4) is 0 Å². The number of hydrogen-bond acceptors (Lipinski definition) is 3. The number of benzene rings is 1. The van der Waals surface area contributed by atoms with Gasteiger partial charge in [-0.25, -0.2) is 0 Å². The standard InChI is InChI=1S/C14H18N2O2S/c1-15-9-8-12(14(15)18)16(2)13(17)10-19-11-6-4-3-5-7-11/h3-7,12H,8-10H2,1-2H3. The van der Waals surface area contributed by atoms with Crippen molar-refractivity contribution in [2.24, 2.45) is 0 Å². The summed E-state index contributed by atoms with van der Waals surface area (Å²) in [5, 5.41) is 0. The van der Waals surface area contributed by atoms with Crippen molar-refractivity contribution in [3.63, 3.8) is 0 Å². The van der Waals surface area contributed by atoms with E-state index in [9.17, 15) is 9.59 Å². The molecule has 1 fully saturated rings. The molecule has 1 saturated heterocycles. The highest BCUT2D eigenvalue weighted by Crippen LogP contribution is 2.19. The SMILES string of the molecule is CN1CCC(N(C)C(=O)CSc2ccccc2)C1=O. The summed E-state index contributed by atoms with van der Waals surface area (Å²) in [5.41, 5.74) is 0. The molecule has 19 heavy (non-hydrogen) atoms. The topological polar surface area (TPSA) is 40.6 Å².